The largest absolute Gasteiger partial charge is 0.377 e. The minimum atomic E-state index is 0.0601. The molecular weight excluding hydrogens is 202 g/mol. The summed E-state index contributed by atoms with van der Waals surface area (Å²) in [5.74, 6) is 0. The fraction of sp³-hybridized carbons (Fsp3) is 0.917. The molecule has 2 saturated heterocycles. The third-order valence-electron chi connectivity index (χ3n) is 3.63. The van der Waals surface area contributed by atoms with E-state index in [1.165, 1.54) is 12.8 Å². The Morgan fingerprint density at radius 3 is 2.69 bits per heavy atom. The van der Waals surface area contributed by atoms with Gasteiger partial charge in [0.1, 0.15) is 0 Å². The first-order chi connectivity index (χ1) is 7.79. The molecule has 90 valence electrons. The van der Waals surface area contributed by atoms with Gasteiger partial charge in [-0.1, -0.05) is 0 Å². The predicted octanol–water partition coefficient (Wildman–Crippen LogP) is 0.695. The van der Waals surface area contributed by atoms with Gasteiger partial charge < -0.3 is 4.74 Å². The zero-order valence-electron chi connectivity index (χ0n) is 10.1. The van der Waals surface area contributed by atoms with Crippen molar-refractivity contribution >= 4 is 0 Å². The molecule has 2 fully saturated rings. The van der Waals surface area contributed by atoms with Gasteiger partial charge in [0.15, 0.2) is 0 Å². The second-order valence-corrected chi connectivity index (χ2v) is 4.78. The van der Waals surface area contributed by atoms with Gasteiger partial charge in [-0.3, -0.25) is 9.80 Å². The molecule has 0 amide bonds. The fourth-order valence-corrected chi connectivity index (χ4v) is 2.49. The van der Waals surface area contributed by atoms with Gasteiger partial charge in [0.25, 0.3) is 0 Å². The van der Waals surface area contributed by atoms with E-state index in [9.17, 15) is 0 Å². The molecule has 0 aromatic carbocycles. The molecular formula is C12H21N3O. The number of nitrogens with zero attached hydrogens (tertiary/aromatic N) is 3. The van der Waals surface area contributed by atoms with E-state index in [0.717, 1.165) is 39.3 Å². The molecule has 2 heterocycles. The van der Waals surface area contributed by atoms with Crippen LogP contribution in [0, 0.1) is 11.3 Å². The standard InChI is InChI=1S/C12H21N3O/c1-11(9-13)15-6-4-14(5-7-15)10-12-3-2-8-16-12/h11-12H,2-8,10H2,1H3/t11-,12-/m0/s1. The lowest BCUT2D eigenvalue weighted by molar-refractivity contribution is 0.0470. The number of rotatable bonds is 3. The van der Waals surface area contributed by atoms with Crippen molar-refractivity contribution in [1.82, 2.24) is 9.80 Å². The monoisotopic (exact) mass is 223 g/mol. The van der Waals surface area contributed by atoms with Gasteiger partial charge in [0.2, 0.25) is 0 Å². The summed E-state index contributed by atoms with van der Waals surface area (Å²) in [6.45, 7) is 8.18. The van der Waals surface area contributed by atoms with Crippen LogP contribution in [0.15, 0.2) is 0 Å². The highest BCUT2D eigenvalue weighted by atomic mass is 16.5. The molecule has 0 aromatic rings. The molecule has 4 nitrogen and oxygen atoms in total. The van der Waals surface area contributed by atoms with Crippen molar-refractivity contribution in [3.63, 3.8) is 0 Å². The second-order valence-electron chi connectivity index (χ2n) is 4.78. The van der Waals surface area contributed by atoms with Gasteiger partial charge in [-0.25, -0.2) is 0 Å². The molecule has 4 heteroatoms. The SMILES string of the molecule is C[C@@H](C#N)N1CCN(C[C@@H]2CCCO2)CC1. The molecule has 0 bridgehead atoms. The molecule has 2 rings (SSSR count). The van der Waals surface area contributed by atoms with Crippen molar-refractivity contribution < 1.29 is 4.74 Å². The van der Waals surface area contributed by atoms with E-state index in [0.29, 0.717) is 6.10 Å². The number of nitriles is 1. The van der Waals surface area contributed by atoms with Crippen molar-refractivity contribution in [1.29, 1.82) is 5.26 Å². The molecule has 0 N–H and O–H groups in total. The van der Waals surface area contributed by atoms with E-state index in [1.54, 1.807) is 0 Å². The first-order valence-corrected chi connectivity index (χ1v) is 6.27. The quantitative estimate of drug-likeness (QED) is 0.706. The van der Waals surface area contributed by atoms with E-state index in [1.807, 2.05) is 6.92 Å². The molecule has 0 aliphatic carbocycles. The summed E-state index contributed by atoms with van der Waals surface area (Å²) in [5, 5.41) is 8.86. The van der Waals surface area contributed by atoms with Crippen LogP contribution < -0.4 is 0 Å². The summed E-state index contributed by atoms with van der Waals surface area (Å²) in [6, 6.07) is 2.37. The summed E-state index contributed by atoms with van der Waals surface area (Å²) in [5.41, 5.74) is 0. The van der Waals surface area contributed by atoms with Gasteiger partial charge in [-0.2, -0.15) is 5.26 Å². The molecule has 2 aliphatic heterocycles. The molecule has 2 aliphatic rings. The van der Waals surface area contributed by atoms with Crippen molar-refractivity contribution in [3.8, 4) is 6.07 Å². The smallest absolute Gasteiger partial charge is 0.0950 e. The highest BCUT2D eigenvalue weighted by molar-refractivity contribution is 4.90. The molecule has 0 spiro atoms. The Labute approximate surface area is 97.8 Å². The van der Waals surface area contributed by atoms with E-state index < -0.39 is 0 Å². The number of hydrogen-bond donors (Lipinski definition) is 0. The lowest BCUT2D eigenvalue weighted by Crippen LogP contribution is -2.50. The van der Waals surface area contributed by atoms with Crippen molar-refractivity contribution in [3.05, 3.63) is 0 Å². The lowest BCUT2D eigenvalue weighted by atomic mass is 10.2. The van der Waals surface area contributed by atoms with E-state index in [2.05, 4.69) is 15.9 Å². The Kier molecular flexibility index (Phi) is 4.16. The van der Waals surface area contributed by atoms with Crippen molar-refractivity contribution in [2.24, 2.45) is 0 Å². The lowest BCUT2D eigenvalue weighted by Gasteiger charge is -2.36. The highest BCUT2D eigenvalue weighted by Gasteiger charge is 2.24. The minimum absolute atomic E-state index is 0.0601. The van der Waals surface area contributed by atoms with Crippen LogP contribution >= 0.6 is 0 Å². The molecule has 0 saturated carbocycles. The summed E-state index contributed by atoms with van der Waals surface area (Å²) in [7, 11) is 0. The Hall–Kier alpha value is -0.630. The topological polar surface area (TPSA) is 39.5 Å². The summed E-state index contributed by atoms with van der Waals surface area (Å²) in [4.78, 5) is 4.72. The number of ether oxygens (including phenoxy) is 1. The van der Waals surface area contributed by atoms with Crippen LogP contribution in [0.1, 0.15) is 19.8 Å². The maximum absolute atomic E-state index is 8.86. The van der Waals surface area contributed by atoms with E-state index in [-0.39, 0.29) is 6.04 Å². The van der Waals surface area contributed by atoms with Crippen molar-refractivity contribution in [2.75, 3.05) is 39.3 Å². The maximum Gasteiger partial charge on any atom is 0.0950 e. The average Bonchev–Trinajstić information content (AvgIpc) is 2.82. The van der Waals surface area contributed by atoms with E-state index in [4.69, 9.17) is 10.00 Å². The Morgan fingerprint density at radius 2 is 2.12 bits per heavy atom. The third kappa shape index (κ3) is 2.94. The molecule has 2 atom stereocenters. The van der Waals surface area contributed by atoms with Gasteiger partial charge in [0, 0.05) is 39.3 Å². The van der Waals surface area contributed by atoms with Gasteiger partial charge in [-0.05, 0) is 19.8 Å². The van der Waals surface area contributed by atoms with Crippen LogP contribution in [0.3, 0.4) is 0 Å². The van der Waals surface area contributed by atoms with Crippen LogP contribution in [0.5, 0.6) is 0 Å². The average molecular weight is 223 g/mol. The highest BCUT2D eigenvalue weighted by Crippen LogP contribution is 2.14. The normalized spacial score (nSPS) is 30.1. The Morgan fingerprint density at radius 1 is 1.38 bits per heavy atom. The van der Waals surface area contributed by atoms with Crippen LogP contribution in [0.25, 0.3) is 0 Å². The van der Waals surface area contributed by atoms with Gasteiger partial charge in [0.05, 0.1) is 18.2 Å². The Bertz CT molecular complexity index is 249. The number of hydrogen-bond acceptors (Lipinski definition) is 4. The Balaban J connectivity index is 1.70. The summed E-state index contributed by atoms with van der Waals surface area (Å²) >= 11 is 0. The summed E-state index contributed by atoms with van der Waals surface area (Å²) < 4.78 is 5.64. The molecule has 16 heavy (non-hydrogen) atoms. The minimum Gasteiger partial charge on any atom is -0.377 e. The first-order valence-electron chi connectivity index (χ1n) is 6.27. The first kappa shape index (κ1) is 11.8. The van der Waals surface area contributed by atoms with Crippen molar-refractivity contribution in [2.45, 2.75) is 31.9 Å². The predicted molar refractivity (Wildman–Crippen MR) is 62.1 cm³/mol. The second kappa shape index (κ2) is 5.62. The fourth-order valence-electron chi connectivity index (χ4n) is 2.49. The zero-order chi connectivity index (χ0) is 11.4. The third-order valence-corrected chi connectivity index (χ3v) is 3.63. The van der Waals surface area contributed by atoms with Crippen LogP contribution in [0.2, 0.25) is 0 Å². The maximum atomic E-state index is 8.86. The number of piperazine rings is 1. The zero-order valence-corrected chi connectivity index (χ0v) is 10.1. The van der Waals surface area contributed by atoms with E-state index >= 15 is 0 Å². The van der Waals surface area contributed by atoms with Crippen LogP contribution in [-0.2, 0) is 4.74 Å². The van der Waals surface area contributed by atoms with Gasteiger partial charge in [-0.15, -0.1) is 0 Å². The molecule has 0 radical (unpaired) electrons. The van der Waals surface area contributed by atoms with Gasteiger partial charge >= 0.3 is 0 Å². The molecule has 0 aromatic heterocycles. The molecule has 0 unspecified atom stereocenters. The van der Waals surface area contributed by atoms with Crippen LogP contribution in [0.4, 0.5) is 0 Å². The summed E-state index contributed by atoms with van der Waals surface area (Å²) in [6.07, 6.45) is 2.89. The van der Waals surface area contributed by atoms with Crippen LogP contribution in [-0.4, -0.2) is 61.3 Å².